The molecule has 0 bridgehead atoms. The summed E-state index contributed by atoms with van der Waals surface area (Å²) in [6.07, 6.45) is 0. The monoisotopic (exact) mass is 288 g/mol. The third-order valence-electron chi connectivity index (χ3n) is 3.36. The van der Waals surface area contributed by atoms with Crippen LogP contribution in [0.1, 0.15) is 18.5 Å². The Morgan fingerprint density at radius 3 is 2.48 bits per heavy atom. The smallest absolute Gasteiger partial charge is 0.124 e. The van der Waals surface area contributed by atoms with E-state index in [2.05, 4.69) is 0 Å². The maximum absolute atomic E-state index is 13.0. The highest BCUT2D eigenvalue weighted by molar-refractivity contribution is 5.46. The van der Waals surface area contributed by atoms with Gasteiger partial charge in [0.25, 0.3) is 0 Å². The van der Waals surface area contributed by atoms with Crippen LogP contribution >= 0.6 is 0 Å². The van der Waals surface area contributed by atoms with Crippen molar-refractivity contribution in [3.05, 3.63) is 59.9 Å². The second kappa shape index (κ2) is 7.09. The van der Waals surface area contributed by atoms with Gasteiger partial charge in [-0.25, -0.2) is 4.39 Å². The van der Waals surface area contributed by atoms with Gasteiger partial charge in [0, 0.05) is 24.8 Å². The van der Waals surface area contributed by atoms with Crippen LogP contribution in [-0.4, -0.2) is 20.2 Å². The molecular weight excluding hydrogens is 267 g/mol. The number of benzene rings is 2. The molecule has 0 saturated carbocycles. The van der Waals surface area contributed by atoms with Gasteiger partial charge >= 0.3 is 0 Å². The Morgan fingerprint density at radius 1 is 1.14 bits per heavy atom. The van der Waals surface area contributed by atoms with Gasteiger partial charge in [-0.1, -0.05) is 18.2 Å². The van der Waals surface area contributed by atoms with Gasteiger partial charge in [0.15, 0.2) is 0 Å². The molecule has 0 aliphatic carbocycles. The van der Waals surface area contributed by atoms with E-state index >= 15 is 0 Å². The molecule has 21 heavy (non-hydrogen) atoms. The molecule has 2 N–H and O–H groups in total. The zero-order valence-electron chi connectivity index (χ0n) is 12.4. The van der Waals surface area contributed by atoms with Gasteiger partial charge in [-0.05, 0) is 37.3 Å². The van der Waals surface area contributed by atoms with Crippen LogP contribution in [-0.2, 0) is 0 Å². The van der Waals surface area contributed by atoms with E-state index in [4.69, 9.17) is 10.5 Å². The molecule has 1 unspecified atom stereocenters. The van der Waals surface area contributed by atoms with E-state index < -0.39 is 0 Å². The first kappa shape index (κ1) is 15.3. The molecule has 0 aliphatic heterocycles. The Morgan fingerprint density at radius 2 is 1.81 bits per heavy atom. The molecule has 2 aromatic rings. The number of ether oxygens (including phenoxy) is 1. The fourth-order valence-electron chi connectivity index (χ4n) is 2.27. The first-order valence-electron chi connectivity index (χ1n) is 7.05. The summed E-state index contributed by atoms with van der Waals surface area (Å²) in [5, 5.41) is 0. The molecule has 0 aliphatic rings. The first-order chi connectivity index (χ1) is 10.1. The summed E-state index contributed by atoms with van der Waals surface area (Å²) in [5.41, 5.74) is 8.21. The van der Waals surface area contributed by atoms with Gasteiger partial charge in [0.2, 0.25) is 0 Å². The zero-order chi connectivity index (χ0) is 15.2. The molecule has 4 heteroatoms. The lowest BCUT2D eigenvalue weighted by molar-refractivity contribution is 0.334. The highest BCUT2D eigenvalue weighted by Gasteiger charge is 2.14. The van der Waals surface area contributed by atoms with Crippen molar-refractivity contribution in [1.29, 1.82) is 0 Å². The number of para-hydroxylation sites is 1. The largest absolute Gasteiger partial charge is 0.494 e. The number of hydrogen-bond acceptors (Lipinski definition) is 3. The third kappa shape index (κ3) is 3.95. The van der Waals surface area contributed by atoms with Crippen molar-refractivity contribution < 1.29 is 9.13 Å². The Kier molecular flexibility index (Phi) is 5.17. The maximum atomic E-state index is 13.0. The molecule has 0 amide bonds. The van der Waals surface area contributed by atoms with Crippen molar-refractivity contribution in [2.24, 2.45) is 5.73 Å². The van der Waals surface area contributed by atoms with Gasteiger partial charge in [-0.15, -0.1) is 0 Å². The van der Waals surface area contributed by atoms with Gasteiger partial charge in [-0.3, -0.25) is 0 Å². The quantitative estimate of drug-likeness (QED) is 0.886. The van der Waals surface area contributed by atoms with Crippen molar-refractivity contribution in [2.75, 3.05) is 25.1 Å². The maximum Gasteiger partial charge on any atom is 0.124 e. The van der Waals surface area contributed by atoms with Gasteiger partial charge < -0.3 is 15.4 Å². The predicted octanol–water partition coefficient (Wildman–Crippen LogP) is 3.36. The van der Waals surface area contributed by atoms with Crippen LogP contribution in [0.2, 0.25) is 0 Å². The number of nitrogens with two attached hydrogens (primary N) is 1. The SMILES string of the molecule is CCOc1ccccc1C(N)CN(C)c1ccc(F)cc1. The highest BCUT2D eigenvalue weighted by Crippen LogP contribution is 2.25. The summed E-state index contributed by atoms with van der Waals surface area (Å²) in [7, 11) is 1.94. The standard InChI is InChI=1S/C17H21FN2O/c1-3-21-17-7-5-4-6-15(17)16(19)12-20(2)14-10-8-13(18)9-11-14/h4-11,16H,3,12,19H2,1-2H3. The van der Waals surface area contributed by atoms with Gasteiger partial charge in [0.1, 0.15) is 11.6 Å². The summed E-state index contributed by atoms with van der Waals surface area (Å²) in [6.45, 7) is 3.18. The molecule has 0 aromatic heterocycles. The molecule has 0 radical (unpaired) electrons. The van der Waals surface area contributed by atoms with Gasteiger partial charge in [0.05, 0.1) is 12.6 Å². The highest BCUT2D eigenvalue weighted by atomic mass is 19.1. The van der Waals surface area contributed by atoms with Crippen molar-refractivity contribution in [1.82, 2.24) is 0 Å². The van der Waals surface area contributed by atoms with E-state index in [9.17, 15) is 4.39 Å². The van der Waals surface area contributed by atoms with Gasteiger partial charge in [-0.2, -0.15) is 0 Å². The van der Waals surface area contributed by atoms with E-state index in [0.717, 1.165) is 17.0 Å². The fourth-order valence-corrected chi connectivity index (χ4v) is 2.27. The number of rotatable bonds is 6. The van der Waals surface area contributed by atoms with E-state index in [1.165, 1.54) is 12.1 Å². The minimum Gasteiger partial charge on any atom is -0.494 e. The summed E-state index contributed by atoms with van der Waals surface area (Å²) in [4.78, 5) is 2.01. The van der Waals surface area contributed by atoms with Crippen LogP contribution in [0.25, 0.3) is 0 Å². The molecule has 3 nitrogen and oxygen atoms in total. The van der Waals surface area contributed by atoms with E-state index in [1.807, 2.05) is 43.1 Å². The lowest BCUT2D eigenvalue weighted by Crippen LogP contribution is -2.29. The fraction of sp³-hybridized carbons (Fsp3) is 0.294. The van der Waals surface area contributed by atoms with Crippen LogP contribution < -0.4 is 15.4 Å². The van der Waals surface area contributed by atoms with E-state index in [0.29, 0.717) is 13.2 Å². The Balaban J connectivity index is 2.10. The average molecular weight is 288 g/mol. The van der Waals surface area contributed by atoms with Crippen molar-refractivity contribution in [3.8, 4) is 5.75 Å². The summed E-state index contributed by atoms with van der Waals surface area (Å²) < 4.78 is 18.6. The lowest BCUT2D eigenvalue weighted by Gasteiger charge is -2.24. The van der Waals surface area contributed by atoms with Crippen LogP contribution in [0.4, 0.5) is 10.1 Å². The molecule has 112 valence electrons. The van der Waals surface area contributed by atoms with Crippen LogP contribution in [0, 0.1) is 5.82 Å². The summed E-state index contributed by atoms with van der Waals surface area (Å²) >= 11 is 0. The van der Waals surface area contributed by atoms with Crippen LogP contribution in [0.3, 0.4) is 0 Å². The lowest BCUT2D eigenvalue weighted by atomic mass is 10.1. The Hall–Kier alpha value is -2.07. The number of likely N-dealkylation sites (N-methyl/N-ethyl adjacent to an activating group) is 1. The molecule has 0 fully saturated rings. The number of halogens is 1. The summed E-state index contributed by atoms with van der Waals surface area (Å²) in [5.74, 6) is 0.582. The minimum atomic E-state index is -0.238. The second-order valence-electron chi connectivity index (χ2n) is 4.93. The zero-order valence-corrected chi connectivity index (χ0v) is 12.4. The normalized spacial score (nSPS) is 12.0. The number of anilines is 1. The molecule has 0 saturated heterocycles. The number of hydrogen-bond donors (Lipinski definition) is 1. The molecule has 0 heterocycles. The first-order valence-corrected chi connectivity index (χ1v) is 7.05. The minimum absolute atomic E-state index is 0.178. The van der Waals surface area contributed by atoms with Crippen LogP contribution in [0.15, 0.2) is 48.5 Å². The molecular formula is C17H21FN2O. The second-order valence-corrected chi connectivity index (χ2v) is 4.93. The van der Waals surface area contributed by atoms with Crippen LogP contribution in [0.5, 0.6) is 5.75 Å². The molecule has 1 atom stereocenters. The molecule has 0 spiro atoms. The van der Waals surface area contributed by atoms with E-state index in [1.54, 1.807) is 12.1 Å². The van der Waals surface area contributed by atoms with Crippen molar-refractivity contribution in [2.45, 2.75) is 13.0 Å². The average Bonchev–Trinajstić information content (AvgIpc) is 2.48. The summed E-state index contributed by atoms with van der Waals surface area (Å²) in [6, 6.07) is 14.0. The topological polar surface area (TPSA) is 38.5 Å². The number of nitrogens with zero attached hydrogens (tertiary/aromatic N) is 1. The predicted molar refractivity (Wildman–Crippen MR) is 84.2 cm³/mol. The van der Waals surface area contributed by atoms with Crippen molar-refractivity contribution in [3.63, 3.8) is 0 Å². The Labute approximate surface area is 125 Å². The van der Waals surface area contributed by atoms with E-state index in [-0.39, 0.29) is 11.9 Å². The third-order valence-corrected chi connectivity index (χ3v) is 3.36. The molecule has 2 rings (SSSR count). The molecule has 2 aromatic carbocycles. The Bertz CT molecular complexity index is 571. The van der Waals surface area contributed by atoms with Crippen molar-refractivity contribution >= 4 is 5.69 Å².